The number of aliphatic hydroxyl groups is 1. The number of rotatable bonds is 0. The lowest BCUT2D eigenvalue weighted by Crippen LogP contribution is -2.29. The molecule has 2 heteroatoms. The number of fused-ring (bicyclic) bond motifs is 7. The van der Waals surface area contributed by atoms with E-state index < -0.39 is 5.79 Å². The molecule has 4 aliphatic rings. The SMILES string of the molecule is OC12OC1CC1C3C=CC(C3)C12. The Bertz CT molecular complexity index is 286. The van der Waals surface area contributed by atoms with Gasteiger partial charge in [-0.2, -0.15) is 0 Å². The van der Waals surface area contributed by atoms with Crippen molar-refractivity contribution in [1.82, 2.24) is 0 Å². The highest BCUT2D eigenvalue weighted by molar-refractivity contribution is 5.24. The van der Waals surface area contributed by atoms with Gasteiger partial charge in [-0.3, -0.25) is 0 Å². The second kappa shape index (κ2) is 1.51. The van der Waals surface area contributed by atoms with E-state index in [1.807, 2.05) is 0 Å². The first kappa shape index (κ1) is 6.17. The number of epoxide rings is 1. The molecule has 1 saturated heterocycles. The molecule has 0 aromatic heterocycles. The van der Waals surface area contributed by atoms with Crippen LogP contribution in [0.15, 0.2) is 12.2 Å². The van der Waals surface area contributed by atoms with E-state index in [9.17, 15) is 5.11 Å². The van der Waals surface area contributed by atoms with Crippen LogP contribution < -0.4 is 0 Å². The molecular weight excluding hydrogens is 152 g/mol. The van der Waals surface area contributed by atoms with Crippen LogP contribution in [0.2, 0.25) is 0 Å². The van der Waals surface area contributed by atoms with E-state index in [-0.39, 0.29) is 6.10 Å². The van der Waals surface area contributed by atoms with Gasteiger partial charge in [-0.15, -0.1) is 0 Å². The molecule has 3 aliphatic carbocycles. The predicted molar refractivity (Wildman–Crippen MR) is 42.2 cm³/mol. The average molecular weight is 164 g/mol. The van der Waals surface area contributed by atoms with Crippen LogP contribution >= 0.6 is 0 Å². The van der Waals surface area contributed by atoms with Gasteiger partial charge in [-0.1, -0.05) is 12.2 Å². The number of ether oxygens (including phenoxy) is 1. The van der Waals surface area contributed by atoms with Crippen molar-refractivity contribution >= 4 is 0 Å². The first-order valence-electron chi connectivity index (χ1n) is 4.87. The minimum Gasteiger partial charge on any atom is -0.363 e. The molecule has 6 atom stereocenters. The van der Waals surface area contributed by atoms with Crippen molar-refractivity contribution in [3.8, 4) is 0 Å². The van der Waals surface area contributed by atoms with Gasteiger partial charge in [-0.25, -0.2) is 0 Å². The highest BCUT2D eigenvalue weighted by Crippen LogP contribution is 2.66. The predicted octanol–water partition coefficient (Wildman–Crippen LogP) is 0.916. The largest absolute Gasteiger partial charge is 0.363 e. The van der Waals surface area contributed by atoms with Crippen molar-refractivity contribution in [3.63, 3.8) is 0 Å². The van der Waals surface area contributed by atoms with Crippen LogP contribution in [0.4, 0.5) is 0 Å². The minimum absolute atomic E-state index is 0.192. The third kappa shape index (κ3) is 0.461. The van der Waals surface area contributed by atoms with Crippen LogP contribution in [0.1, 0.15) is 12.8 Å². The summed E-state index contributed by atoms with van der Waals surface area (Å²) in [5.41, 5.74) is 0. The Morgan fingerprint density at radius 2 is 2.08 bits per heavy atom. The summed E-state index contributed by atoms with van der Waals surface area (Å²) in [7, 11) is 0. The van der Waals surface area contributed by atoms with Crippen LogP contribution in [-0.2, 0) is 4.74 Å². The Labute approximate surface area is 71.2 Å². The van der Waals surface area contributed by atoms with Crippen LogP contribution in [0.3, 0.4) is 0 Å². The molecule has 1 aliphatic heterocycles. The highest BCUT2D eigenvalue weighted by atomic mass is 16.7. The van der Waals surface area contributed by atoms with E-state index in [1.54, 1.807) is 0 Å². The fourth-order valence-corrected chi connectivity index (χ4v) is 3.81. The van der Waals surface area contributed by atoms with E-state index in [4.69, 9.17) is 4.74 Å². The molecule has 64 valence electrons. The Hall–Kier alpha value is -0.340. The van der Waals surface area contributed by atoms with Crippen molar-refractivity contribution < 1.29 is 9.84 Å². The van der Waals surface area contributed by atoms with E-state index in [2.05, 4.69) is 12.2 Å². The molecule has 0 aromatic carbocycles. The number of hydrogen-bond acceptors (Lipinski definition) is 2. The van der Waals surface area contributed by atoms with Gasteiger partial charge in [0.2, 0.25) is 0 Å². The highest BCUT2D eigenvalue weighted by Gasteiger charge is 2.73. The lowest BCUT2D eigenvalue weighted by molar-refractivity contribution is -0.0416. The van der Waals surface area contributed by atoms with Gasteiger partial charge in [0, 0.05) is 5.92 Å². The van der Waals surface area contributed by atoms with Gasteiger partial charge in [0.05, 0.1) is 0 Å². The zero-order valence-corrected chi connectivity index (χ0v) is 6.81. The third-order valence-electron chi connectivity index (χ3n) is 4.32. The maximum absolute atomic E-state index is 10.0. The van der Waals surface area contributed by atoms with Crippen LogP contribution in [0.5, 0.6) is 0 Å². The smallest absolute Gasteiger partial charge is 0.196 e. The first-order valence-corrected chi connectivity index (χ1v) is 4.87. The molecule has 1 N–H and O–H groups in total. The second-order valence-corrected chi connectivity index (χ2v) is 4.73. The summed E-state index contributed by atoms with van der Waals surface area (Å²) in [5.74, 6) is 1.88. The molecule has 0 radical (unpaired) electrons. The molecule has 0 spiro atoms. The normalized spacial score (nSPS) is 69.9. The molecular formula is C10H12O2. The van der Waals surface area contributed by atoms with E-state index in [0.717, 1.165) is 18.3 Å². The molecule has 4 rings (SSSR count). The molecule has 1 heterocycles. The monoisotopic (exact) mass is 164 g/mol. The molecule has 0 amide bonds. The van der Waals surface area contributed by atoms with Crippen LogP contribution in [0.25, 0.3) is 0 Å². The average Bonchev–Trinajstić information content (AvgIpc) is 2.53. The summed E-state index contributed by atoms with van der Waals surface area (Å²) in [4.78, 5) is 0. The number of allylic oxidation sites excluding steroid dienone is 2. The fourth-order valence-electron chi connectivity index (χ4n) is 3.81. The minimum atomic E-state index is -0.686. The summed E-state index contributed by atoms with van der Waals surface area (Å²) in [5, 5.41) is 10.0. The van der Waals surface area contributed by atoms with Crippen LogP contribution in [0, 0.1) is 23.7 Å². The van der Waals surface area contributed by atoms with Gasteiger partial charge < -0.3 is 9.84 Å². The van der Waals surface area contributed by atoms with Crippen molar-refractivity contribution in [2.75, 3.05) is 0 Å². The van der Waals surface area contributed by atoms with Crippen molar-refractivity contribution in [2.45, 2.75) is 24.7 Å². The molecule has 6 unspecified atom stereocenters. The van der Waals surface area contributed by atoms with E-state index >= 15 is 0 Å². The molecule has 2 bridgehead atoms. The standard InChI is InChI=1S/C10H12O2/c11-10-8(12-10)4-7-5-1-2-6(3-5)9(7)10/h1-2,5-9,11H,3-4H2. The Morgan fingerprint density at radius 1 is 1.25 bits per heavy atom. The van der Waals surface area contributed by atoms with E-state index in [1.165, 1.54) is 6.42 Å². The molecule has 2 nitrogen and oxygen atoms in total. The Balaban J connectivity index is 1.83. The van der Waals surface area contributed by atoms with Crippen molar-refractivity contribution in [2.24, 2.45) is 23.7 Å². The molecule has 12 heavy (non-hydrogen) atoms. The van der Waals surface area contributed by atoms with Crippen molar-refractivity contribution in [3.05, 3.63) is 12.2 Å². The lowest BCUT2D eigenvalue weighted by atomic mass is 9.84. The van der Waals surface area contributed by atoms with Crippen LogP contribution in [-0.4, -0.2) is 17.0 Å². The zero-order chi connectivity index (χ0) is 7.92. The van der Waals surface area contributed by atoms with Crippen molar-refractivity contribution in [1.29, 1.82) is 0 Å². The maximum Gasteiger partial charge on any atom is 0.196 e. The molecule has 3 fully saturated rings. The summed E-state index contributed by atoms with van der Waals surface area (Å²) >= 11 is 0. The molecule has 2 saturated carbocycles. The van der Waals surface area contributed by atoms with Gasteiger partial charge >= 0.3 is 0 Å². The Morgan fingerprint density at radius 3 is 2.92 bits per heavy atom. The summed E-state index contributed by atoms with van der Waals surface area (Å²) in [6, 6.07) is 0. The van der Waals surface area contributed by atoms with Gasteiger partial charge in [0.25, 0.3) is 0 Å². The van der Waals surface area contributed by atoms with E-state index in [0.29, 0.717) is 11.8 Å². The fraction of sp³-hybridized carbons (Fsp3) is 0.800. The second-order valence-electron chi connectivity index (χ2n) is 4.73. The Kier molecular flexibility index (Phi) is 0.776. The van der Waals surface area contributed by atoms with Gasteiger partial charge in [0.15, 0.2) is 5.79 Å². The van der Waals surface area contributed by atoms with Gasteiger partial charge in [0.1, 0.15) is 6.10 Å². The quantitative estimate of drug-likeness (QED) is 0.426. The topological polar surface area (TPSA) is 32.8 Å². The maximum atomic E-state index is 10.0. The molecule has 0 aromatic rings. The summed E-state index contributed by atoms with van der Waals surface area (Å²) in [6.07, 6.45) is 7.20. The zero-order valence-electron chi connectivity index (χ0n) is 6.81. The third-order valence-corrected chi connectivity index (χ3v) is 4.32. The van der Waals surface area contributed by atoms with Gasteiger partial charge in [-0.05, 0) is 30.6 Å². The first-order chi connectivity index (χ1) is 5.79. The lowest BCUT2D eigenvalue weighted by Gasteiger charge is -2.24. The summed E-state index contributed by atoms with van der Waals surface area (Å²) in [6.45, 7) is 0. The summed E-state index contributed by atoms with van der Waals surface area (Å²) < 4.78 is 5.33. The number of hydrogen-bond donors (Lipinski definition) is 1.